The Morgan fingerprint density at radius 2 is 2.04 bits per heavy atom. The van der Waals surface area contributed by atoms with E-state index < -0.39 is 4.92 Å². The summed E-state index contributed by atoms with van der Waals surface area (Å²) < 4.78 is 0. The Morgan fingerprint density at radius 1 is 1.29 bits per heavy atom. The van der Waals surface area contributed by atoms with Crippen LogP contribution in [-0.2, 0) is 4.79 Å². The van der Waals surface area contributed by atoms with Crippen molar-refractivity contribution in [1.29, 1.82) is 0 Å². The van der Waals surface area contributed by atoms with Crippen LogP contribution in [0.5, 0.6) is 0 Å². The van der Waals surface area contributed by atoms with Crippen LogP contribution in [0.1, 0.15) is 32.6 Å². The third kappa shape index (κ3) is 3.89. The molecule has 24 heavy (non-hydrogen) atoms. The number of rotatable bonds is 5. The van der Waals surface area contributed by atoms with Crippen LogP contribution < -0.4 is 5.32 Å². The Bertz CT molecular complexity index is 608. The average Bonchev–Trinajstić information content (AvgIpc) is 2.98. The summed E-state index contributed by atoms with van der Waals surface area (Å²) in [5, 5.41) is 13.7. The summed E-state index contributed by atoms with van der Waals surface area (Å²) in [4.78, 5) is 26.1. The molecule has 2 heterocycles. The number of piperidine rings is 1. The number of benzene rings is 1. The highest BCUT2D eigenvalue weighted by molar-refractivity contribution is 8.00. The minimum Gasteiger partial charge on any atom is -0.351 e. The van der Waals surface area contributed by atoms with E-state index in [1.165, 1.54) is 43.2 Å². The monoisotopic (exact) mass is 349 g/mol. The van der Waals surface area contributed by atoms with E-state index in [0.29, 0.717) is 6.04 Å². The zero-order valence-corrected chi connectivity index (χ0v) is 14.6. The second-order valence-electron chi connectivity index (χ2n) is 6.51. The second-order valence-corrected chi connectivity index (χ2v) is 7.93. The Morgan fingerprint density at radius 3 is 2.75 bits per heavy atom. The summed E-state index contributed by atoms with van der Waals surface area (Å²) in [6.07, 6.45) is 4.73. The van der Waals surface area contributed by atoms with E-state index in [2.05, 4.69) is 10.2 Å². The molecule has 1 aromatic carbocycles. The van der Waals surface area contributed by atoms with Gasteiger partial charge in [-0.2, -0.15) is 0 Å². The number of nitro groups is 1. The molecule has 6 nitrogen and oxygen atoms in total. The van der Waals surface area contributed by atoms with Crippen LogP contribution in [0.3, 0.4) is 0 Å². The maximum absolute atomic E-state index is 12.5. The fourth-order valence-corrected chi connectivity index (χ4v) is 4.50. The molecule has 7 heteroatoms. The van der Waals surface area contributed by atoms with E-state index in [-0.39, 0.29) is 22.9 Å². The van der Waals surface area contributed by atoms with E-state index >= 15 is 0 Å². The Hall–Kier alpha value is -1.60. The molecule has 1 aromatic rings. The first kappa shape index (κ1) is 17.2. The van der Waals surface area contributed by atoms with Gasteiger partial charge in [0.05, 0.1) is 10.2 Å². The van der Waals surface area contributed by atoms with Gasteiger partial charge in [0.1, 0.15) is 0 Å². The van der Waals surface area contributed by atoms with Gasteiger partial charge in [0.15, 0.2) is 0 Å². The lowest BCUT2D eigenvalue weighted by atomic mass is 9.99. The largest absolute Gasteiger partial charge is 0.351 e. The van der Waals surface area contributed by atoms with Crippen LogP contribution in [0.4, 0.5) is 5.69 Å². The summed E-state index contributed by atoms with van der Waals surface area (Å²) in [5.74, 6) is 0.0516. The first-order chi connectivity index (χ1) is 11.5. The van der Waals surface area contributed by atoms with Crippen molar-refractivity contribution in [2.24, 2.45) is 0 Å². The number of nitrogens with zero attached hydrogens (tertiary/aromatic N) is 2. The van der Waals surface area contributed by atoms with Gasteiger partial charge in [-0.3, -0.25) is 19.8 Å². The predicted molar refractivity (Wildman–Crippen MR) is 94.2 cm³/mol. The molecule has 3 rings (SSSR count). The number of amides is 1. The fraction of sp³-hybridized carbons (Fsp3) is 0.588. The molecule has 0 radical (unpaired) electrons. The fourth-order valence-electron chi connectivity index (χ4n) is 3.62. The molecule has 1 N–H and O–H groups in total. The molecule has 3 atom stereocenters. The lowest BCUT2D eigenvalue weighted by molar-refractivity contribution is -0.384. The molecule has 2 aliphatic rings. The molecule has 2 aliphatic heterocycles. The number of carbonyl (C=O) groups is 1. The summed E-state index contributed by atoms with van der Waals surface area (Å²) in [6, 6.07) is 7.11. The zero-order chi connectivity index (χ0) is 17.1. The van der Waals surface area contributed by atoms with Crippen molar-refractivity contribution < 1.29 is 9.72 Å². The first-order valence-electron chi connectivity index (χ1n) is 8.50. The Labute approximate surface area is 146 Å². The number of hydrogen-bond acceptors (Lipinski definition) is 5. The molecule has 0 bridgehead atoms. The third-order valence-electron chi connectivity index (χ3n) is 4.91. The van der Waals surface area contributed by atoms with Gasteiger partial charge in [0.25, 0.3) is 5.69 Å². The molecule has 0 saturated carbocycles. The van der Waals surface area contributed by atoms with Gasteiger partial charge in [0, 0.05) is 35.7 Å². The maximum atomic E-state index is 12.5. The summed E-state index contributed by atoms with van der Waals surface area (Å²) >= 11 is 1.44. The van der Waals surface area contributed by atoms with E-state index in [0.717, 1.165) is 24.4 Å². The minimum absolute atomic E-state index is 0.0516. The van der Waals surface area contributed by atoms with Crippen LogP contribution in [0.15, 0.2) is 29.2 Å². The first-order valence-corrected chi connectivity index (χ1v) is 9.38. The second kappa shape index (κ2) is 7.53. The molecule has 130 valence electrons. The topological polar surface area (TPSA) is 75.5 Å². The lowest BCUT2D eigenvalue weighted by Gasteiger charge is -2.32. The highest BCUT2D eigenvalue weighted by Crippen LogP contribution is 2.29. The van der Waals surface area contributed by atoms with Gasteiger partial charge in [-0.1, -0.05) is 6.42 Å². The number of non-ortho nitro benzene ring substituents is 1. The van der Waals surface area contributed by atoms with Crippen molar-refractivity contribution in [3.63, 3.8) is 0 Å². The smallest absolute Gasteiger partial charge is 0.269 e. The van der Waals surface area contributed by atoms with E-state index in [1.807, 2.05) is 6.92 Å². The Balaban J connectivity index is 1.54. The number of hydrogen-bond donors (Lipinski definition) is 1. The van der Waals surface area contributed by atoms with Gasteiger partial charge in [-0.15, -0.1) is 11.8 Å². The van der Waals surface area contributed by atoms with Gasteiger partial charge in [-0.05, 0) is 44.9 Å². The predicted octanol–water partition coefficient (Wildman–Crippen LogP) is 2.82. The van der Waals surface area contributed by atoms with Gasteiger partial charge < -0.3 is 5.32 Å². The van der Waals surface area contributed by atoms with Crippen molar-refractivity contribution in [2.75, 3.05) is 13.1 Å². The highest BCUT2D eigenvalue weighted by Gasteiger charge is 2.36. The van der Waals surface area contributed by atoms with Crippen molar-refractivity contribution >= 4 is 23.4 Å². The summed E-state index contributed by atoms with van der Waals surface area (Å²) in [6.45, 7) is 4.12. The Kier molecular flexibility index (Phi) is 5.40. The number of thioether (sulfide) groups is 1. The van der Waals surface area contributed by atoms with Crippen LogP contribution in [0, 0.1) is 10.1 Å². The molecule has 3 unspecified atom stereocenters. The van der Waals surface area contributed by atoms with Crippen molar-refractivity contribution in [3.05, 3.63) is 34.4 Å². The quantitative estimate of drug-likeness (QED) is 0.502. The van der Waals surface area contributed by atoms with E-state index in [9.17, 15) is 14.9 Å². The van der Waals surface area contributed by atoms with Crippen LogP contribution in [0.2, 0.25) is 0 Å². The zero-order valence-electron chi connectivity index (χ0n) is 13.8. The molecule has 0 spiro atoms. The highest BCUT2D eigenvalue weighted by atomic mass is 32.2. The van der Waals surface area contributed by atoms with Crippen molar-refractivity contribution in [3.8, 4) is 0 Å². The number of fused-ring (bicyclic) bond motifs is 1. The molecule has 2 saturated heterocycles. The number of carbonyl (C=O) groups excluding carboxylic acids is 1. The molecule has 2 fully saturated rings. The molecule has 1 amide bonds. The van der Waals surface area contributed by atoms with E-state index in [1.54, 1.807) is 12.1 Å². The van der Waals surface area contributed by atoms with Crippen molar-refractivity contribution in [1.82, 2.24) is 10.2 Å². The van der Waals surface area contributed by atoms with Gasteiger partial charge in [-0.25, -0.2) is 0 Å². The third-order valence-corrected chi connectivity index (χ3v) is 6.03. The van der Waals surface area contributed by atoms with Crippen LogP contribution in [-0.4, -0.2) is 46.2 Å². The van der Waals surface area contributed by atoms with Crippen molar-refractivity contribution in [2.45, 2.75) is 54.8 Å². The number of nitrogens with one attached hydrogen (secondary N) is 1. The van der Waals surface area contributed by atoms with Gasteiger partial charge in [0.2, 0.25) is 5.91 Å². The molecule has 0 aromatic heterocycles. The standard InChI is InChI=1S/C17H23N3O3S/c1-12(24-14-7-5-13(6-8-14)20(22)23)17(21)18-15-9-11-19-10-3-2-4-16(15)19/h5-8,12,15-16H,2-4,9-11H2,1H3,(H,18,21). The van der Waals surface area contributed by atoms with Crippen LogP contribution in [0.25, 0.3) is 0 Å². The number of nitro benzene ring substituents is 1. The van der Waals surface area contributed by atoms with Crippen LogP contribution >= 0.6 is 11.8 Å². The lowest BCUT2D eigenvalue weighted by Crippen LogP contribution is -2.48. The van der Waals surface area contributed by atoms with E-state index in [4.69, 9.17) is 0 Å². The minimum atomic E-state index is -0.416. The normalized spacial score (nSPS) is 25.0. The average molecular weight is 349 g/mol. The van der Waals surface area contributed by atoms with Gasteiger partial charge >= 0.3 is 0 Å². The molecular weight excluding hydrogens is 326 g/mol. The summed E-state index contributed by atoms with van der Waals surface area (Å²) in [5.41, 5.74) is 0.0693. The summed E-state index contributed by atoms with van der Waals surface area (Å²) in [7, 11) is 0. The maximum Gasteiger partial charge on any atom is 0.269 e. The molecular formula is C17H23N3O3S. The molecule has 0 aliphatic carbocycles. The SMILES string of the molecule is CC(Sc1ccc([N+](=O)[O-])cc1)C(=O)NC1CCN2CCCCC12.